The van der Waals surface area contributed by atoms with Gasteiger partial charge in [0.25, 0.3) is 0 Å². The molecule has 3 atom stereocenters. The van der Waals surface area contributed by atoms with Crippen LogP contribution in [0.4, 0.5) is 0 Å². The SMILES string of the molecule is CC1(C)C(O)CC1NC(=O)[C@H]1CCC(=O)N1. The number of amides is 2. The van der Waals surface area contributed by atoms with Crippen molar-refractivity contribution in [2.75, 3.05) is 0 Å². The molecular weight excluding hydrogens is 208 g/mol. The summed E-state index contributed by atoms with van der Waals surface area (Å²) in [4.78, 5) is 22.8. The number of hydrogen-bond donors (Lipinski definition) is 3. The van der Waals surface area contributed by atoms with Crippen molar-refractivity contribution >= 4 is 11.8 Å². The fourth-order valence-corrected chi connectivity index (χ4v) is 2.23. The summed E-state index contributed by atoms with van der Waals surface area (Å²) in [5.74, 6) is -0.191. The van der Waals surface area contributed by atoms with Crippen LogP contribution in [0.2, 0.25) is 0 Å². The zero-order valence-electron chi connectivity index (χ0n) is 9.62. The van der Waals surface area contributed by atoms with E-state index in [-0.39, 0.29) is 35.4 Å². The monoisotopic (exact) mass is 226 g/mol. The molecule has 0 bridgehead atoms. The molecule has 2 unspecified atom stereocenters. The molecule has 2 aliphatic rings. The van der Waals surface area contributed by atoms with Gasteiger partial charge in [-0.2, -0.15) is 0 Å². The highest BCUT2D eigenvalue weighted by Crippen LogP contribution is 2.40. The highest BCUT2D eigenvalue weighted by molar-refractivity contribution is 5.91. The average Bonchev–Trinajstić information content (AvgIpc) is 2.64. The zero-order chi connectivity index (χ0) is 11.9. The van der Waals surface area contributed by atoms with E-state index in [1.165, 1.54) is 0 Å². The van der Waals surface area contributed by atoms with E-state index in [4.69, 9.17) is 0 Å². The van der Waals surface area contributed by atoms with Crippen LogP contribution in [-0.4, -0.2) is 35.1 Å². The average molecular weight is 226 g/mol. The number of hydrogen-bond acceptors (Lipinski definition) is 3. The quantitative estimate of drug-likeness (QED) is 0.596. The third-order valence-electron chi connectivity index (χ3n) is 3.84. The Bertz CT molecular complexity index is 327. The van der Waals surface area contributed by atoms with Crippen LogP contribution in [0.5, 0.6) is 0 Å². The molecule has 5 nitrogen and oxygen atoms in total. The molecule has 0 aromatic heterocycles. The summed E-state index contributed by atoms with van der Waals surface area (Å²) < 4.78 is 0. The second-order valence-corrected chi connectivity index (χ2v) is 5.29. The molecule has 2 fully saturated rings. The van der Waals surface area contributed by atoms with Gasteiger partial charge in [-0.05, 0) is 12.8 Å². The van der Waals surface area contributed by atoms with E-state index in [0.29, 0.717) is 19.3 Å². The van der Waals surface area contributed by atoms with Gasteiger partial charge in [-0.25, -0.2) is 0 Å². The van der Waals surface area contributed by atoms with E-state index in [0.717, 1.165) is 0 Å². The van der Waals surface area contributed by atoms with Crippen LogP contribution < -0.4 is 10.6 Å². The Morgan fingerprint density at radius 2 is 2.25 bits per heavy atom. The molecule has 1 aliphatic carbocycles. The Balaban J connectivity index is 1.87. The van der Waals surface area contributed by atoms with Gasteiger partial charge < -0.3 is 15.7 Å². The van der Waals surface area contributed by atoms with Gasteiger partial charge >= 0.3 is 0 Å². The van der Waals surface area contributed by atoms with E-state index in [2.05, 4.69) is 10.6 Å². The Kier molecular flexibility index (Phi) is 2.66. The van der Waals surface area contributed by atoms with Crippen LogP contribution in [0.15, 0.2) is 0 Å². The van der Waals surface area contributed by atoms with Crippen molar-refractivity contribution in [2.24, 2.45) is 5.41 Å². The molecule has 5 heteroatoms. The van der Waals surface area contributed by atoms with Gasteiger partial charge in [-0.15, -0.1) is 0 Å². The molecule has 0 spiro atoms. The fourth-order valence-electron chi connectivity index (χ4n) is 2.23. The van der Waals surface area contributed by atoms with Gasteiger partial charge in [0.05, 0.1) is 6.10 Å². The minimum atomic E-state index is -0.388. The van der Waals surface area contributed by atoms with Crippen molar-refractivity contribution in [3.05, 3.63) is 0 Å². The number of aliphatic hydroxyl groups is 1. The fraction of sp³-hybridized carbons (Fsp3) is 0.818. The predicted molar refractivity (Wildman–Crippen MR) is 57.5 cm³/mol. The number of carbonyl (C=O) groups excluding carboxylic acids is 2. The normalized spacial score (nSPS) is 36.4. The maximum Gasteiger partial charge on any atom is 0.242 e. The van der Waals surface area contributed by atoms with Crippen LogP contribution in [0.1, 0.15) is 33.1 Å². The second-order valence-electron chi connectivity index (χ2n) is 5.29. The van der Waals surface area contributed by atoms with Gasteiger partial charge in [0.1, 0.15) is 6.04 Å². The van der Waals surface area contributed by atoms with Crippen molar-refractivity contribution in [1.29, 1.82) is 0 Å². The lowest BCUT2D eigenvalue weighted by atomic mass is 9.64. The van der Waals surface area contributed by atoms with Crippen LogP contribution in [-0.2, 0) is 9.59 Å². The number of nitrogens with one attached hydrogen (secondary N) is 2. The van der Waals surface area contributed by atoms with E-state index in [9.17, 15) is 14.7 Å². The van der Waals surface area contributed by atoms with Gasteiger partial charge in [0, 0.05) is 17.9 Å². The van der Waals surface area contributed by atoms with Crippen molar-refractivity contribution in [3.8, 4) is 0 Å². The van der Waals surface area contributed by atoms with Crippen molar-refractivity contribution in [3.63, 3.8) is 0 Å². The molecular formula is C11H18N2O3. The largest absolute Gasteiger partial charge is 0.392 e. The summed E-state index contributed by atoms with van der Waals surface area (Å²) in [5, 5.41) is 15.1. The summed E-state index contributed by atoms with van der Waals surface area (Å²) in [6.07, 6.45) is 1.24. The van der Waals surface area contributed by atoms with Gasteiger partial charge in [-0.1, -0.05) is 13.8 Å². The molecule has 16 heavy (non-hydrogen) atoms. The molecule has 2 amide bonds. The third kappa shape index (κ3) is 1.80. The van der Waals surface area contributed by atoms with E-state index < -0.39 is 0 Å². The second kappa shape index (κ2) is 3.73. The molecule has 2 rings (SSSR count). The third-order valence-corrected chi connectivity index (χ3v) is 3.84. The van der Waals surface area contributed by atoms with E-state index in [1.807, 2.05) is 13.8 Å². The molecule has 0 aromatic carbocycles. The molecule has 3 N–H and O–H groups in total. The Morgan fingerprint density at radius 1 is 1.56 bits per heavy atom. The molecule has 0 radical (unpaired) electrons. The molecule has 1 saturated heterocycles. The van der Waals surface area contributed by atoms with Crippen LogP contribution >= 0.6 is 0 Å². The van der Waals surface area contributed by atoms with Crippen LogP contribution in [0.3, 0.4) is 0 Å². The van der Waals surface area contributed by atoms with Crippen LogP contribution in [0.25, 0.3) is 0 Å². The van der Waals surface area contributed by atoms with Crippen LogP contribution in [0, 0.1) is 5.41 Å². The zero-order valence-corrected chi connectivity index (χ0v) is 9.62. The number of carbonyl (C=O) groups is 2. The van der Waals surface area contributed by atoms with Crippen molar-refractivity contribution < 1.29 is 14.7 Å². The van der Waals surface area contributed by atoms with Crippen molar-refractivity contribution in [2.45, 2.75) is 51.3 Å². The highest BCUT2D eigenvalue weighted by atomic mass is 16.3. The Hall–Kier alpha value is -1.10. The predicted octanol–water partition coefficient (Wildman–Crippen LogP) is -0.459. The number of rotatable bonds is 2. The van der Waals surface area contributed by atoms with Gasteiger partial charge in [0.2, 0.25) is 11.8 Å². The molecule has 1 heterocycles. The summed E-state index contributed by atoms with van der Waals surface area (Å²) >= 11 is 0. The summed E-state index contributed by atoms with van der Waals surface area (Å²) in [5.41, 5.74) is -0.266. The topological polar surface area (TPSA) is 78.4 Å². The Labute approximate surface area is 94.6 Å². The number of aliphatic hydroxyl groups excluding tert-OH is 1. The Morgan fingerprint density at radius 3 is 2.69 bits per heavy atom. The van der Waals surface area contributed by atoms with Gasteiger partial charge in [0.15, 0.2) is 0 Å². The maximum absolute atomic E-state index is 11.8. The summed E-state index contributed by atoms with van der Waals surface area (Å²) in [7, 11) is 0. The first kappa shape index (κ1) is 11.4. The maximum atomic E-state index is 11.8. The molecule has 90 valence electrons. The van der Waals surface area contributed by atoms with E-state index in [1.54, 1.807) is 0 Å². The van der Waals surface area contributed by atoms with Gasteiger partial charge in [-0.3, -0.25) is 9.59 Å². The highest BCUT2D eigenvalue weighted by Gasteiger charge is 2.48. The first-order valence-corrected chi connectivity index (χ1v) is 5.69. The first-order chi connectivity index (χ1) is 7.41. The standard InChI is InChI=1S/C11H18N2O3/c1-11(2)7(5-8(11)14)13-10(16)6-3-4-9(15)12-6/h6-8,14H,3-5H2,1-2H3,(H,12,15)(H,13,16)/t6-,7?,8?/m1/s1. The first-order valence-electron chi connectivity index (χ1n) is 5.69. The summed E-state index contributed by atoms with van der Waals surface area (Å²) in [6.45, 7) is 3.86. The molecule has 1 aliphatic heterocycles. The lowest BCUT2D eigenvalue weighted by molar-refractivity contribution is -0.132. The minimum Gasteiger partial charge on any atom is -0.392 e. The molecule has 0 aromatic rings. The van der Waals surface area contributed by atoms with Crippen molar-refractivity contribution in [1.82, 2.24) is 10.6 Å². The molecule has 1 saturated carbocycles. The minimum absolute atomic E-state index is 0.00695. The lowest BCUT2D eigenvalue weighted by Crippen LogP contribution is -2.62. The summed E-state index contributed by atoms with van der Waals surface area (Å²) in [6, 6.07) is -0.381. The lowest BCUT2D eigenvalue weighted by Gasteiger charge is -2.49. The van der Waals surface area contributed by atoms with E-state index >= 15 is 0 Å². The smallest absolute Gasteiger partial charge is 0.242 e.